The minimum atomic E-state index is -4.78. The first kappa shape index (κ1) is 27.6. The van der Waals surface area contributed by atoms with Gasteiger partial charge in [0.1, 0.15) is 22.0 Å². The molecule has 4 N–H and O–H groups in total. The number of benzene rings is 1. The molecular weight excluding hydrogens is 555 g/mol. The second-order valence-corrected chi connectivity index (χ2v) is 11.4. The maximum Gasteiger partial charge on any atom is 0.452 e. The number of nitrogens with zero attached hydrogens (tertiary/aromatic N) is 1. The normalized spacial score (nSPS) is 21.2. The number of halogens is 3. The smallest absolute Gasteiger partial charge is 0.452 e. The molecule has 1 aliphatic carbocycles. The number of ether oxygens (including phenoxy) is 1. The predicted octanol–water partition coefficient (Wildman–Crippen LogP) is 2.58. The number of aliphatic hydroxyl groups is 1. The van der Waals surface area contributed by atoms with Gasteiger partial charge >= 0.3 is 18.2 Å². The molecule has 204 valence electrons. The van der Waals surface area contributed by atoms with E-state index in [2.05, 4.69) is 19.7 Å². The van der Waals surface area contributed by atoms with Crippen molar-refractivity contribution in [2.24, 2.45) is 0 Å². The van der Waals surface area contributed by atoms with Crippen LogP contribution < -0.4 is 10.0 Å². The molecule has 0 radical (unpaired) electrons. The van der Waals surface area contributed by atoms with E-state index in [1.54, 1.807) is 30.3 Å². The first-order valence-corrected chi connectivity index (χ1v) is 13.1. The van der Waals surface area contributed by atoms with E-state index < -0.39 is 51.6 Å². The van der Waals surface area contributed by atoms with E-state index >= 15 is 0 Å². The number of carbonyl (C=O) groups excluding carboxylic acids is 1. The summed E-state index contributed by atoms with van der Waals surface area (Å²) in [6.07, 6.45) is -5.98. The van der Waals surface area contributed by atoms with Crippen molar-refractivity contribution in [2.45, 2.75) is 27.8 Å². The summed E-state index contributed by atoms with van der Waals surface area (Å²) in [4.78, 5) is 24.5. The fourth-order valence-electron chi connectivity index (χ4n) is 4.03. The van der Waals surface area contributed by atoms with Crippen LogP contribution in [0.1, 0.15) is 17.7 Å². The molecule has 0 spiro atoms. The topological polar surface area (TPSA) is 168 Å². The summed E-state index contributed by atoms with van der Waals surface area (Å²) in [5.74, 6) is -2.88. The Balaban J connectivity index is 1.63. The van der Waals surface area contributed by atoms with Crippen LogP contribution in [-0.2, 0) is 31.1 Å². The first-order chi connectivity index (χ1) is 17.8. The van der Waals surface area contributed by atoms with Gasteiger partial charge in [-0.3, -0.25) is 4.79 Å². The second-order valence-electron chi connectivity index (χ2n) is 8.36. The fourth-order valence-corrected chi connectivity index (χ4v) is 6.72. The van der Waals surface area contributed by atoms with E-state index in [9.17, 15) is 36.3 Å². The number of rotatable bonds is 10. The summed E-state index contributed by atoms with van der Waals surface area (Å²) in [7, 11) is -4.52. The van der Waals surface area contributed by atoms with Crippen LogP contribution in [0.4, 0.5) is 18.0 Å². The lowest BCUT2D eigenvalue weighted by molar-refractivity contribution is -0.155. The molecule has 16 heteroatoms. The van der Waals surface area contributed by atoms with E-state index in [0.29, 0.717) is 23.0 Å². The van der Waals surface area contributed by atoms with E-state index in [4.69, 9.17) is 9.84 Å². The highest BCUT2D eigenvalue weighted by molar-refractivity contribution is 7.91. The average molecular weight is 576 g/mol. The maximum absolute atomic E-state index is 13.3. The SMILES string of the molecule is O=C(NCCO)OC[C@@]1(c2ccccc2)C[C@]1(NS(=O)(=O)c1ccc(-c2cc(C(F)(F)F)on2)s1)C(=O)O. The van der Waals surface area contributed by atoms with E-state index in [1.807, 2.05) is 0 Å². The van der Waals surface area contributed by atoms with Gasteiger partial charge in [0.2, 0.25) is 5.76 Å². The number of alkyl halides is 3. The molecule has 1 saturated carbocycles. The molecule has 0 unspecified atom stereocenters. The van der Waals surface area contributed by atoms with Gasteiger partial charge in [-0.2, -0.15) is 17.9 Å². The molecule has 0 aliphatic heterocycles. The molecule has 2 aromatic heterocycles. The van der Waals surface area contributed by atoms with Crippen LogP contribution >= 0.6 is 11.3 Å². The maximum atomic E-state index is 13.3. The Labute approximate surface area is 217 Å². The number of carboxylic acid groups (broad SMARTS) is 1. The van der Waals surface area contributed by atoms with Gasteiger partial charge in [0.05, 0.1) is 16.9 Å². The number of carbonyl (C=O) groups is 2. The predicted molar refractivity (Wildman–Crippen MR) is 125 cm³/mol. The number of thiophene rings is 1. The Morgan fingerprint density at radius 1 is 1.18 bits per heavy atom. The minimum Gasteiger partial charge on any atom is -0.480 e. The fraction of sp³-hybridized carbons (Fsp3) is 0.318. The van der Waals surface area contributed by atoms with Crippen molar-refractivity contribution in [2.75, 3.05) is 19.8 Å². The number of carboxylic acids is 1. The quantitative estimate of drug-likeness (QED) is 0.284. The van der Waals surface area contributed by atoms with Gasteiger partial charge in [-0.15, -0.1) is 11.3 Å². The summed E-state index contributed by atoms with van der Waals surface area (Å²) in [6.45, 7) is -0.963. The summed E-state index contributed by atoms with van der Waals surface area (Å²) in [6, 6.07) is 11.0. The third-order valence-electron chi connectivity index (χ3n) is 5.98. The van der Waals surface area contributed by atoms with E-state index in [-0.39, 0.29) is 34.4 Å². The largest absolute Gasteiger partial charge is 0.480 e. The van der Waals surface area contributed by atoms with Gasteiger partial charge in [0, 0.05) is 12.6 Å². The third kappa shape index (κ3) is 5.11. The first-order valence-electron chi connectivity index (χ1n) is 10.8. The van der Waals surface area contributed by atoms with Gasteiger partial charge < -0.3 is 24.8 Å². The van der Waals surface area contributed by atoms with Gasteiger partial charge in [0.15, 0.2) is 0 Å². The van der Waals surface area contributed by atoms with Crippen molar-refractivity contribution in [1.29, 1.82) is 0 Å². The molecule has 4 rings (SSSR count). The summed E-state index contributed by atoms with van der Waals surface area (Å²) in [5.41, 5.74) is -3.43. The van der Waals surface area contributed by atoms with Gasteiger partial charge in [-0.25, -0.2) is 13.2 Å². The van der Waals surface area contributed by atoms with Gasteiger partial charge in [-0.05, 0) is 24.1 Å². The van der Waals surface area contributed by atoms with Crippen molar-refractivity contribution >= 4 is 33.4 Å². The number of sulfonamides is 1. The van der Waals surface area contributed by atoms with Crippen molar-refractivity contribution in [3.8, 4) is 10.6 Å². The minimum absolute atomic E-state index is 0.0445. The van der Waals surface area contributed by atoms with Crippen LogP contribution in [0, 0.1) is 0 Å². The molecule has 1 fully saturated rings. The molecule has 38 heavy (non-hydrogen) atoms. The standard InChI is InChI=1S/C22H20F3N3O8S2/c23-22(24,25)16-10-14(27-36-16)15-6-7-17(37-15)38(33,34)28-21(18(30)31)11-20(21,13-4-2-1-3-5-13)12-35-19(32)26-8-9-29/h1-7,10,28-29H,8-9,11-12H2,(H,26,32)(H,30,31)/t20-,21+/m1/s1. The van der Waals surface area contributed by atoms with Crippen molar-refractivity contribution in [3.63, 3.8) is 0 Å². The average Bonchev–Trinajstić information content (AvgIpc) is 3.23. The van der Waals surface area contributed by atoms with E-state index in [0.717, 1.165) is 6.07 Å². The Morgan fingerprint density at radius 3 is 2.50 bits per heavy atom. The van der Waals surface area contributed by atoms with Crippen LogP contribution in [0.15, 0.2) is 57.3 Å². The van der Waals surface area contributed by atoms with Crippen LogP contribution in [-0.4, -0.2) is 61.1 Å². The Morgan fingerprint density at radius 2 is 1.89 bits per heavy atom. The van der Waals surface area contributed by atoms with Crippen molar-refractivity contribution < 1.29 is 50.7 Å². The number of amides is 1. The molecular formula is C22H20F3N3O8S2. The van der Waals surface area contributed by atoms with Crippen LogP contribution in [0.25, 0.3) is 10.6 Å². The van der Waals surface area contributed by atoms with Crippen molar-refractivity contribution in [1.82, 2.24) is 15.2 Å². The molecule has 0 bridgehead atoms. The number of hydrogen-bond acceptors (Lipinski definition) is 9. The molecule has 1 amide bonds. The van der Waals surface area contributed by atoms with Gasteiger partial charge in [-0.1, -0.05) is 35.5 Å². The van der Waals surface area contributed by atoms with Gasteiger partial charge in [0.25, 0.3) is 10.0 Å². The third-order valence-corrected chi connectivity index (χ3v) is 9.07. The molecule has 3 aromatic rings. The molecule has 2 heterocycles. The van der Waals surface area contributed by atoms with Crippen LogP contribution in [0.3, 0.4) is 0 Å². The zero-order valence-corrected chi connectivity index (χ0v) is 20.8. The number of aliphatic carboxylic acids is 1. The number of alkyl carbamates (subject to hydrolysis) is 1. The van der Waals surface area contributed by atoms with Crippen molar-refractivity contribution in [3.05, 3.63) is 59.9 Å². The monoisotopic (exact) mass is 575 g/mol. The Bertz CT molecular complexity index is 1440. The molecule has 1 aliphatic rings. The highest BCUT2D eigenvalue weighted by Crippen LogP contribution is 2.59. The second kappa shape index (κ2) is 10.0. The van der Waals surface area contributed by atoms with Crippen LogP contribution in [0.5, 0.6) is 0 Å². The molecule has 2 atom stereocenters. The molecule has 11 nitrogen and oxygen atoms in total. The lowest BCUT2D eigenvalue weighted by atomic mass is 9.91. The Hall–Kier alpha value is -3.47. The number of aromatic nitrogens is 1. The number of nitrogens with one attached hydrogen (secondary N) is 2. The Kier molecular flexibility index (Phi) is 7.26. The number of aliphatic hydroxyl groups excluding tert-OH is 1. The van der Waals surface area contributed by atoms with Crippen LogP contribution in [0.2, 0.25) is 0 Å². The zero-order valence-electron chi connectivity index (χ0n) is 19.2. The highest BCUT2D eigenvalue weighted by atomic mass is 32.2. The lowest BCUT2D eigenvalue weighted by Crippen LogP contribution is -2.50. The lowest BCUT2D eigenvalue weighted by Gasteiger charge is -2.24. The summed E-state index contributed by atoms with van der Waals surface area (Å²) in [5, 5.41) is 24.6. The molecule has 1 aromatic carbocycles. The summed E-state index contributed by atoms with van der Waals surface area (Å²) >= 11 is 0.568. The van der Waals surface area contributed by atoms with E-state index in [1.165, 1.54) is 6.07 Å². The zero-order chi connectivity index (χ0) is 27.8. The number of hydrogen-bond donors (Lipinski definition) is 4. The highest BCUT2D eigenvalue weighted by Gasteiger charge is 2.75. The summed E-state index contributed by atoms with van der Waals surface area (Å²) < 4.78 is 76.3. The molecule has 0 saturated heterocycles.